The van der Waals surface area contributed by atoms with Crippen LogP contribution < -0.4 is 5.32 Å². The average Bonchev–Trinajstić information content (AvgIpc) is 3.24. The van der Waals surface area contributed by atoms with Crippen molar-refractivity contribution in [3.8, 4) is 10.7 Å². The minimum absolute atomic E-state index is 0.886. The molecule has 0 aromatic carbocycles. The number of hydrogen-bond acceptors (Lipinski definition) is 4. The SMILES string of the molecule is c1ccc(-c2nc(CNCC3CC4CCC3C4)cs2)nc1. The molecule has 0 aliphatic heterocycles. The van der Waals surface area contributed by atoms with E-state index >= 15 is 0 Å². The zero-order chi connectivity index (χ0) is 14.1. The maximum absolute atomic E-state index is 4.69. The first kappa shape index (κ1) is 13.4. The molecule has 2 aliphatic rings. The van der Waals surface area contributed by atoms with Crippen LogP contribution in [0.3, 0.4) is 0 Å². The molecule has 2 aromatic rings. The third kappa shape index (κ3) is 2.87. The zero-order valence-electron chi connectivity index (χ0n) is 12.2. The summed E-state index contributed by atoms with van der Waals surface area (Å²) in [6.45, 7) is 2.05. The first-order chi connectivity index (χ1) is 10.4. The van der Waals surface area contributed by atoms with Gasteiger partial charge in [0.2, 0.25) is 0 Å². The number of rotatable bonds is 5. The van der Waals surface area contributed by atoms with Crippen LogP contribution in [0.25, 0.3) is 10.7 Å². The fourth-order valence-electron chi connectivity index (χ4n) is 4.01. The van der Waals surface area contributed by atoms with Crippen molar-refractivity contribution in [2.75, 3.05) is 6.54 Å². The van der Waals surface area contributed by atoms with Gasteiger partial charge in [-0.1, -0.05) is 12.5 Å². The number of hydrogen-bond donors (Lipinski definition) is 1. The molecule has 2 aromatic heterocycles. The van der Waals surface area contributed by atoms with Crippen molar-refractivity contribution in [2.24, 2.45) is 17.8 Å². The van der Waals surface area contributed by atoms with E-state index in [1.165, 1.54) is 25.7 Å². The average molecular weight is 299 g/mol. The summed E-state index contributed by atoms with van der Waals surface area (Å²) < 4.78 is 0. The molecule has 3 atom stereocenters. The van der Waals surface area contributed by atoms with Crippen LogP contribution in [0.15, 0.2) is 29.8 Å². The van der Waals surface area contributed by atoms with Gasteiger partial charge in [-0.3, -0.25) is 4.98 Å². The van der Waals surface area contributed by atoms with E-state index in [2.05, 4.69) is 20.7 Å². The summed E-state index contributed by atoms with van der Waals surface area (Å²) in [7, 11) is 0. The van der Waals surface area contributed by atoms with Gasteiger partial charge in [0.25, 0.3) is 0 Å². The molecule has 2 fully saturated rings. The fourth-order valence-corrected chi connectivity index (χ4v) is 4.80. The van der Waals surface area contributed by atoms with Gasteiger partial charge in [-0.25, -0.2) is 4.98 Å². The lowest BCUT2D eigenvalue weighted by molar-refractivity contribution is 0.318. The molecule has 2 bridgehead atoms. The normalized spacial score (nSPS) is 27.3. The summed E-state index contributed by atoms with van der Waals surface area (Å²) in [5.41, 5.74) is 2.12. The summed E-state index contributed by atoms with van der Waals surface area (Å²) in [5.74, 6) is 2.96. The standard InChI is InChI=1S/C17H21N3S/c1-2-6-19-16(3-1)17-20-15(11-21-17)10-18-9-14-8-12-4-5-13(14)7-12/h1-3,6,11-14,18H,4-5,7-10H2. The Labute approximate surface area is 129 Å². The van der Waals surface area contributed by atoms with Gasteiger partial charge in [-0.15, -0.1) is 11.3 Å². The second-order valence-electron chi connectivity index (χ2n) is 6.42. The first-order valence-corrected chi connectivity index (χ1v) is 8.83. The minimum atomic E-state index is 0.886. The summed E-state index contributed by atoms with van der Waals surface area (Å²) >= 11 is 1.68. The van der Waals surface area contributed by atoms with Crippen molar-refractivity contribution in [1.29, 1.82) is 0 Å². The molecule has 3 unspecified atom stereocenters. The Kier molecular flexibility index (Phi) is 3.74. The van der Waals surface area contributed by atoms with Crippen molar-refractivity contribution < 1.29 is 0 Å². The van der Waals surface area contributed by atoms with Crippen molar-refractivity contribution in [1.82, 2.24) is 15.3 Å². The van der Waals surface area contributed by atoms with Crippen LogP contribution in [0.5, 0.6) is 0 Å². The van der Waals surface area contributed by atoms with Crippen molar-refractivity contribution >= 4 is 11.3 Å². The third-order valence-electron chi connectivity index (χ3n) is 5.03. The molecule has 21 heavy (non-hydrogen) atoms. The highest BCUT2D eigenvalue weighted by Crippen LogP contribution is 2.47. The minimum Gasteiger partial charge on any atom is -0.311 e. The van der Waals surface area contributed by atoms with Gasteiger partial charge in [0.1, 0.15) is 5.01 Å². The van der Waals surface area contributed by atoms with Crippen molar-refractivity contribution in [3.63, 3.8) is 0 Å². The van der Waals surface area contributed by atoms with E-state index in [0.717, 1.165) is 47.2 Å². The lowest BCUT2D eigenvalue weighted by Crippen LogP contribution is -2.26. The molecular weight excluding hydrogens is 278 g/mol. The molecule has 110 valence electrons. The summed E-state index contributed by atoms with van der Waals surface area (Å²) in [6.07, 6.45) is 7.73. The van der Waals surface area contributed by atoms with E-state index in [1.54, 1.807) is 11.3 Å². The molecule has 2 saturated carbocycles. The maximum Gasteiger partial charge on any atom is 0.142 e. The van der Waals surface area contributed by atoms with E-state index in [1.807, 2.05) is 24.4 Å². The van der Waals surface area contributed by atoms with Crippen LogP contribution in [0.4, 0.5) is 0 Å². The number of thiazole rings is 1. The molecule has 0 saturated heterocycles. The lowest BCUT2D eigenvalue weighted by Gasteiger charge is -2.21. The number of aromatic nitrogens is 2. The number of nitrogens with one attached hydrogen (secondary N) is 1. The summed E-state index contributed by atoms with van der Waals surface area (Å²) in [6, 6.07) is 5.97. The molecule has 0 spiro atoms. The highest BCUT2D eigenvalue weighted by Gasteiger charge is 2.38. The number of nitrogens with zero attached hydrogens (tertiary/aromatic N) is 2. The lowest BCUT2D eigenvalue weighted by atomic mass is 9.89. The molecule has 0 radical (unpaired) electrons. The van der Waals surface area contributed by atoms with Crippen LogP contribution in [0.2, 0.25) is 0 Å². The molecule has 1 N–H and O–H groups in total. The Morgan fingerprint density at radius 1 is 1.24 bits per heavy atom. The Morgan fingerprint density at radius 3 is 3.00 bits per heavy atom. The van der Waals surface area contributed by atoms with Gasteiger partial charge < -0.3 is 5.32 Å². The van der Waals surface area contributed by atoms with Crippen molar-refractivity contribution in [3.05, 3.63) is 35.5 Å². The predicted molar refractivity (Wildman–Crippen MR) is 86.0 cm³/mol. The second-order valence-corrected chi connectivity index (χ2v) is 7.28. The van der Waals surface area contributed by atoms with Gasteiger partial charge in [0.15, 0.2) is 0 Å². The predicted octanol–water partition coefficient (Wildman–Crippen LogP) is 3.73. The highest BCUT2D eigenvalue weighted by atomic mass is 32.1. The van der Waals surface area contributed by atoms with E-state index in [-0.39, 0.29) is 0 Å². The van der Waals surface area contributed by atoms with Gasteiger partial charge >= 0.3 is 0 Å². The highest BCUT2D eigenvalue weighted by molar-refractivity contribution is 7.13. The number of pyridine rings is 1. The first-order valence-electron chi connectivity index (χ1n) is 7.95. The topological polar surface area (TPSA) is 37.8 Å². The Morgan fingerprint density at radius 2 is 2.24 bits per heavy atom. The van der Waals surface area contributed by atoms with Crippen molar-refractivity contribution in [2.45, 2.75) is 32.2 Å². The van der Waals surface area contributed by atoms with E-state index in [9.17, 15) is 0 Å². The Hall–Kier alpha value is -1.26. The third-order valence-corrected chi connectivity index (χ3v) is 5.95. The van der Waals surface area contributed by atoms with E-state index in [4.69, 9.17) is 0 Å². The quantitative estimate of drug-likeness (QED) is 0.914. The molecular formula is C17H21N3S. The van der Waals surface area contributed by atoms with Gasteiger partial charge in [-0.2, -0.15) is 0 Å². The monoisotopic (exact) mass is 299 g/mol. The summed E-state index contributed by atoms with van der Waals surface area (Å²) in [5, 5.41) is 6.79. The van der Waals surface area contributed by atoms with Gasteiger partial charge in [0.05, 0.1) is 11.4 Å². The Bertz CT molecular complexity index is 595. The molecule has 2 aliphatic carbocycles. The fraction of sp³-hybridized carbons (Fsp3) is 0.529. The number of fused-ring (bicyclic) bond motifs is 2. The van der Waals surface area contributed by atoms with Crippen LogP contribution >= 0.6 is 11.3 Å². The van der Waals surface area contributed by atoms with Gasteiger partial charge in [-0.05, 0) is 55.7 Å². The smallest absolute Gasteiger partial charge is 0.142 e. The van der Waals surface area contributed by atoms with Crippen LogP contribution in [-0.4, -0.2) is 16.5 Å². The maximum atomic E-state index is 4.69. The Balaban J connectivity index is 1.31. The largest absolute Gasteiger partial charge is 0.311 e. The summed E-state index contributed by atoms with van der Waals surface area (Å²) in [4.78, 5) is 9.05. The molecule has 2 heterocycles. The zero-order valence-corrected chi connectivity index (χ0v) is 13.0. The molecule has 3 nitrogen and oxygen atoms in total. The van der Waals surface area contributed by atoms with Crippen LogP contribution in [-0.2, 0) is 6.54 Å². The van der Waals surface area contributed by atoms with Gasteiger partial charge in [0, 0.05) is 18.1 Å². The van der Waals surface area contributed by atoms with Crippen LogP contribution in [0.1, 0.15) is 31.4 Å². The molecule has 0 amide bonds. The second kappa shape index (κ2) is 5.85. The molecule has 4 rings (SSSR count). The molecule has 4 heteroatoms. The van der Waals surface area contributed by atoms with E-state index in [0.29, 0.717) is 0 Å². The van der Waals surface area contributed by atoms with E-state index < -0.39 is 0 Å². The van der Waals surface area contributed by atoms with Crippen LogP contribution in [0, 0.1) is 17.8 Å².